The minimum Gasteiger partial charge on any atom is -0.481 e. The Labute approximate surface area is 63.2 Å². The van der Waals surface area contributed by atoms with Gasteiger partial charge in [-0.1, -0.05) is 0 Å². The van der Waals surface area contributed by atoms with E-state index in [4.69, 9.17) is 10.8 Å². The van der Waals surface area contributed by atoms with E-state index < -0.39 is 12.0 Å². The van der Waals surface area contributed by atoms with Crippen LogP contribution in [0.1, 0.15) is 18.0 Å². The molecule has 1 unspecified atom stereocenters. The molecule has 0 bridgehead atoms. The van der Waals surface area contributed by atoms with Crippen LogP contribution in [-0.4, -0.2) is 21.3 Å². The number of hydrogen-bond acceptors (Lipinski definition) is 3. The summed E-state index contributed by atoms with van der Waals surface area (Å²) >= 11 is 0. The summed E-state index contributed by atoms with van der Waals surface area (Å²) < 4.78 is 0. The lowest BCUT2D eigenvalue weighted by molar-refractivity contribution is -0.137. The Morgan fingerprint density at radius 1 is 1.91 bits per heavy atom. The predicted molar refractivity (Wildman–Crippen MR) is 37.8 cm³/mol. The van der Waals surface area contributed by atoms with Crippen LogP contribution in [-0.2, 0) is 4.79 Å². The van der Waals surface area contributed by atoms with Gasteiger partial charge in [0.2, 0.25) is 0 Å². The van der Waals surface area contributed by atoms with E-state index in [1.54, 1.807) is 6.20 Å². The molecule has 1 heterocycles. The van der Waals surface area contributed by atoms with Gasteiger partial charge in [0.15, 0.2) is 0 Å². The van der Waals surface area contributed by atoms with Crippen LogP contribution in [0.2, 0.25) is 0 Å². The molecule has 0 spiro atoms. The van der Waals surface area contributed by atoms with Crippen LogP contribution in [0.4, 0.5) is 0 Å². The third-order valence-electron chi connectivity index (χ3n) is 1.34. The summed E-state index contributed by atoms with van der Waals surface area (Å²) in [6.07, 6.45) is 3.04. The van der Waals surface area contributed by atoms with Gasteiger partial charge < -0.3 is 10.8 Å². The maximum Gasteiger partial charge on any atom is 0.305 e. The summed E-state index contributed by atoms with van der Waals surface area (Å²) in [5.74, 6) is -0.904. The van der Waals surface area contributed by atoms with Gasteiger partial charge in [-0.2, -0.15) is 5.10 Å². The number of nitrogens with zero attached hydrogens (tertiary/aromatic N) is 1. The Kier molecular flexibility index (Phi) is 2.22. The molecule has 4 N–H and O–H groups in total. The van der Waals surface area contributed by atoms with Gasteiger partial charge >= 0.3 is 5.97 Å². The summed E-state index contributed by atoms with van der Waals surface area (Å²) in [4.78, 5) is 10.2. The molecule has 0 aliphatic heterocycles. The first-order valence-electron chi connectivity index (χ1n) is 3.16. The zero-order valence-electron chi connectivity index (χ0n) is 5.82. The van der Waals surface area contributed by atoms with Crippen molar-refractivity contribution in [3.05, 3.63) is 18.0 Å². The van der Waals surface area contributed by atoms with Gasteiger partial charge in [0.05, 0.1) is 12.6 Å². The first kappa shape index (κ1) is 7.74. The molecule has 0 amide bonds. The van der Waals surface area contributed by atoms with E-state index in [1.807, 2.05) is 0 Å². The van der Waals surface area contributed by atoms with Crippen molar-refractivity contribution < 1.29 is 9.90 Å². The highest BCUT2D eigenvalue weighted by Crippen LogP contribution is 2.10. The fraction of sp³-hybridized carbons (Fsp3) is 0.333. The molecule has 1 aromatic heterocycles. The number of carbonyl (C=O) groups is 1. The maximum atomic E-state index is 10.2. The molecule has 1 atom stereocenters. The third kappa shape index (κ3) is 2.05. The largest absolute Gasteiger partial charge is 0.481 e. The second kappa shape index (κ2) is 3.16. The van der Waals surface area contributed by atoms with Crippen LogP contribution in [0.15, 0.2) is 12.4 Å². The highest BCUT2D eigenvalue weighted by atomic mass is 16.4. The Bertz CT molecular complexity index is 232. The molecule has 0 saturated heterocycles. The lowest BCUT2D eigenvalue weighted by Crippen LogP contribution is -2.14. The highest BCUT2D eigenvalue weighted by molar-refractivity contribution is 5.67. The van der Waals surface area contributed by atoms with E-state index in [0.29, 0.717) is 5.56 Å². The summed E-state index contributed by atoms with van der Waals surface area (Å²) in [5.41, 5.74) is 6.21. The number of carboxylic acids is 1. The van der Waals surface area contributed by atoms with Crippen molar-refractivity contribution in [2.24, 2.45) is 5.73 Å². The van der Waals surface area contributed by atoms with Gasteiger partial charge in [-0.05, 0) is 0 Å². The average molecular weight is 155 g/mol. The number of nitrogens with one attached hydrogen (secondary N) is 1. The van der Waals surface area contributed by atoms with Crippen LogP contribution in [0.3, 0.4) is 0 Å². The van der Waals surface area contributed by atoms with Crippen molar-refractivity contribution >= 4 is 5.97 Å². The summed E-state index contributed by atoms with van der Waals surface area (Å²) in [5, 5.41) is 14.6. The van der Waals surface area contributed by atoms with Gasteiger partial charge in [-0.3, -0.25) is 9.89 Å². The Hall–Kier alpha value is -1.36. The number of H-pyrrole nitrogens is 1. The molecule has 11 heavy (non-hydrogen) atoms. The summed E-state index contributed by atoms with van der Waals surface area (Å²) in [7, 11) is 0. The quantitative estimate of drug-likeness (QED) is 0.567. The van der Waals surface area contributed by atoms with Crippen LogP contribution in [0, 0.1) is 0 Å². The second-order valence-electron chi connectivity index (χ2n) is 2.24. The van der Waals surface area contributed by atoms with Crippen molar-refractivity contribution in [1.29, 1.82) is 0 Å². The Morgan fingerprint density at radius 2 is 2.64 bits per heavy atom. The van der Waals surface area contributed by atoms with Crippen LogP contribution in [0.25, 0.3) is 0 Å². The lowest BCUT2D eigenvalue weighted by Gasteiger charge is -2.03. The fourth-order valence-corrected chi connectivity index (χ4v) is 0.770. The van der Waals surface area contributed by atoms with Gasteiger partial charge in [0, 0.05) is 17.8 Å². The van der Waals surface area contributed by atoms with Crippen LogP contribution < -0.4 is 5.73 Å². The van der Waals surface area contributed by atoms with Crippen LogP contribution in [0.5, 0.6) is 0 Å². The van der Waals surface area contributed by atoms with E-state index in [1.165, 1.54) is 6.20 Å². The number of carboxylic acid groups (broad SMARTS) is 1. The minimum absolute atomic E-state index is 0.0699. The topological polar surface area (TPSA) is 92.0 Å². The van der Waals surface area contributed by atoms with E-state index in [0.717, 1.165) is 0 Å². The van der Waals surface area contributed by atoms with E-state index in [9.17, 15) is 4.79 Å². The molecule has 0 fully saturated rings. The van der Waals surface area contributed by atoms with Crippen molar-refractivity contribution in [2.75, 3.05) is 0 Å². The SMILES string of the molecule is NC(CC(=O)O)c1cn[nH]c1. The smallest absolute Gasteiger partial charge is 0.305 e. The first-order chi connectivity index (χ1) is 5.20. The van der Waals surface area contributed by atoms with Gasteiger partial charge in [-0.25, -0.2) is 0 Å². The first-order valence-corrected chi connectivity index (χ1v) is 3.16. The van der Waals surface area contributed by atoms with E-state index >= 15 is 0 Å². The Balaban J connectivity index is 2.56. The van der Waals surface area contributed by atoms with Gasteiger partial charge in [-0.15, -0.1) is 0 Å². The molecule has 5 heteroatoms. The van der Waals surface area contributed by atoms with Gasteiger partial charge in [0.25, 0.3) is 0 Å². The highest BCUT2D eigenvalue weighted by Gasteiger charge is 2.10. The van der Waals surface area contributed by atoms with E-state index in [-0.39, 0.29) is 6.42 Å². The van der Waals surface area contributed by atoms with Gasteiger partial charge in [0.1, 0.15) is 0 Å². The number of aliphatic carboxylic acids is 1. The predicted octanol–water partition coefficient (Wildman–Crippen LogP) is -0.116. The number of nitrogens with two attached hydrogens (primary N) is 1. The Morgan fingerprint density at radius 3 is 3.09 bits per heavy atom. The molecular weight excluding hydrogens is 146 g/mol. The number of aromatic amines is 1. The molecule has 0 saturated carbocycles. The molecule has 1 rings (SSSR count). The molecule has 0 aliphatic carbocycles. The lowest BCUT2D eigenvalue weighted by atomic mass is 10.1. The number of rotatable bonds is 3. The maximum absolute atomic E-state index is 10.2. The van der Waals surface area contributed by atoms with E-state index in [2.05, 4.69) is 10.2 Å². The normalized spacial score (nSPS) is 12.8. The molecular formula is C6H9N3O2. The standard InChI is InChI=1S/C6H9N3O2/c7-5(1-6(10)11)4-2-8-9-3-4/h2-3,5H,1,7H2,(H,8,9)(H,10,11). The molecule has 0 radical (unpaired) electrons. The third-order valence-corrected chi connectivity index (χ3v) is 1.34. The number of hydrogen-bond donors (Lipinski definition) is 3. The monoisotopic (exact) mass is 155 g/mol. The minimum atomic E-state index is -0.904. The molecule has 5 nitrogen and oxygen atoms in total. The molecule has 1 aromatic rings. The molecule has 0 aliphatic rings. The van der Waals surface area contributed by atoms with Crippen molar-refractivity contribution in [1.82, 2.24) is 10.2 Å². The number of aromatic nitrogens is 2. The van der Waals surface area contributed by atoms with Crippen molar-refractivity contribution in [3.63, 3.8) is 0 Å². The summed E-state index contributed by atoms with van der Waals surface area (Å²) in [6.45, 7) is 0. The van der Waals surface area contributed by atoms with Crippen molar-refractivity contribution in [3.8, 4) is 0 Å². The fourth-order valence-electron chi connectivity index (χ4n) is 0.770. The molecule has 60 valence electrons. The second-order valence-corrected chi connectivity index (χ2v) is 2.24. The molecule has 0 aromatic carbocycles. The van der Waals surface area contributed by atoms with Crippen molar-refractivity contribution in [2.45, 2.75) is 12.5 Å². The van der Waals surface area contributed by atoms with Crippen LogP contribution >= 0.6 is 0 Å². The summed E-state index contributed by atoms with van der Waals surface area (Å²) in [6, 6.07) is -0.466. The zero-order valence-corrected chi connectivity index (χ0v) is 5.82. The average Bonchev–Trinajstić information content (AvgIpc) is 2.35. The zero-order chi connectivity index (χ0) is 8.27.